The Labute approximate surface area is 203 Å². The van der Waals surface area contributed by atoms with E-state index >= 15 is 0 Å². The van der Waals surface area contributed by atoms with Crippen LogP contribution in [0, 0.1) is 17.0 Å². The molecular formula is C27H29F2N3O3. The molecule has 35 heavy (non-hydrogen) atoms. The van der Waals surface area contributed by atoms with Gasteiger partial charge in [0.1, 0.15) is 11.6 Å². The van der Waals surface area contributed by atoms with Crippen molar-refractivity contribution in [1.82, 2.24) is 0 Å². The molecule has 6 nitrogen and oxygen atoms in total. The SMILES string of the molecule is CCC(Nc1ccc(-c2cc(F)ccc2C(=O)O)cc1NC(=O)Nc1ccccc1F)C(C)(C)C. The first kappa shape index (κ1) is 25.7. The Morgan fingerprint density at radius 1 is 0.914 bits per heavy atom. The second-order valence-corrected chi connectivity index (χ2v) is 9.29. The Balaban J connectivity index is 2.03. The van der Waals surface area contributed by atoms with Gasteiger partial charge in [-0.15, -0.1) is 0 Å². The normalized spacial score (nSPS) is 12.1. The number of rotatable bonds is 7. The topological polar surface area (TPSA) is 90.5 Å². The summed E-state index contributed by atoms with van der Waals surface area (Å²) < 4.78 is 28.0. The lowest BCUT2D eigenvalue weighted by atomic mass is 9.85. The average Bonchev–Trinajstić information content (AvgIpc) is 2.78. The van der Waals surface area contributed by atoms with Crippen molar-refractivity contribution < 1.29 is 23.5 Å². The number of carboxylic acids is 1. The van der Waals surface area contributed by atoms with Crippen LogP contribution in [0.2, 0.25) is 0 Å². The smallest absolute Gasteiger partial charge is 0.336 e. The van der Waals surface area contributed by atoms with Gasteiger partial charge >= 0.3 is 12.0 Å². The van der Waals surface area contributed by atoms with Crippen molar-refractivity contribution in [1.29, 1.82) is 0 Å². The molecule has 1 atom stereocenters. The van der Waals surface area contributed by atoms with Gasteiger partial charge in [-0.05, 0) is 65.4 Å². The van der Waals surface area contributed by atoms with Crippen LogP contribution in [0.5, 0.6) is 0 Å². The van der Waals surface area contributed by atoms with Crippen molar-refractivity contribution in [2.45, 2.75) is 40.2 Å². The highest BCUT2D eigenvalue weighted by molar-refractivity contribution is 6.03. The molecule has 0 aliphatic rings. The van der Waals surface area contributed by atoms with Crippen LogP contribution in [0.3, 0.4) is 0 Å². The van der Waals surface area contributed by atoms with Crippen molar-refractivity contribution in [3.05, 3.63) is 77.9 Å². The standard InChI is InChI=1S/C27H29F2N3O3/c1-5-24(27(2,3)4)30-22-13-10-16(19-15-17(28)11-12-18(19)25(33)34)14-23(22)32-26(35)31-21-9-7-6-8-20(21)29/h6-15,24,30H,5H2,1-4H3,(H,33,34)(H2,31,32,35). The number of anilines is 3. The molecule has 0 radical (unpaired) electrons. The van der Waals surface area contributed by atoms with E-state index in [2.05, 4.69) is 36.7 Å². The van der Waals surface area contributed by atoms with E-state index in [9.17, 15) is 23.5 Å². The fraction of sp³-hybridized carbons (Fsp3) is 0.259. The van der Waals surface area contributed by atoms with E-state index in [1.807, 2.05) is 6.92 Å². The molecule has 2 amide bonds. The first-order valence-corrected chi connectivity index (χ1v) is 11.3. The zero-order valence-corrected chi connectivity index (χ0v) is 20.1. The van der Waals surface area contributed by atoms with E-state index in [0.29, 0.717) is 16.9 Å². The third kappa shape index (κ3) is 6.35. The van der Waals surface area contributed by atoms with Crippen LogP contribution in [0.25, 0.3) is 11.1 Å². The second-order valence-electron chi connectivity index (χ2n) is 9.29. The van der Waals surface area contributed by atoms with Crippen LogP contribution < -0.4 is 16.0 Å². The number of carboxylic acid groups (broad SMARTS) is 1. The second kappa shape index (κ2) is 10.5. The Morgan fingerprint density at radius 3 is 2.23 bits per heavy atom. The fourth-order valence-electron chi connectivity index (χ4n) is 3.84. The zero-order chi connectivity index (χ0) is 25.8. The van der Waals surface area contributed by atoms with Gasteiger partial charge in [-0.3, -0.25) is 0 Å². The van der Waals surface area contributed by atoms with E-state index in [4.69, 9.17) is 0 Å². The summed E-state index contributed by atoms with van der Waals surface area (Å²) in [6.07, 6.45) is 0.805. The molecule has 0 spiro atoms. The molecule has 184 valence electrons. The number of benzene rings is 3. The van der Waals surface area contributed by atoms with Gasteiger partial charge < -0.3 is 21.1 Å². The van der Waals surface area contributed by atoms with Crippen LogP contribution in [-0.2, 0) is 0 Å². The number of carbonyl (C=O) groups is 2. The first-order chi connectivity index (χ1) is 16.5. The summed E-state index contributed by atoms with van der Waals surface area (Å²) >= 11 is 0. The zero-order valence-electron chi connectivity index (χ0n) is 20.1. The van der Waals surface area contributed by atoms with Gasteiger partial charge in [0.15, 0.2) is 0 Å². The maximum Gasteiger partial charge on any atom is 0.336 e. The summed E-state index contributed by atoms with van der Waals surface area (Å²) in [5.74, 6) is -2.37. The number of hydrogen-bond donors (Lipinski definition) is 4. The van der Waals surface area contributed by atoms with Crippen LogP contribution in [0.1, 0.15) is 44.5 Å². The van der Waals surface area contributed by atoms with E-state index in [1.165, 1.54) is 24.3 Å². The lowest BCUT2D eigenvalue weighted by molar-refractivity contribution is 0.0697. The molecule has 0 aliphatic carbocycles. The molecule has 0 saturated carbocycles. The molecule has 3 rings (SSSR count). The molecule has 0 saturated heterocycles. The monoisotopic (exact) mass is 481 g/mol. The maximum atomic E-state index is 14.0. The van der Waals surface area contributed by atoms with Gasteiger partial charge in [-0.1, -0.05) is 45.9 Å². The molecule has 1 unspecified atom stereocenters. The van der Waals surface area contributed by atoms with Gasteiger partial charge in [0.25, 0.3) is 0 Å². The molecule has 0 aromatic heterocycles. The van der Waals surface area contributed by atoms with Crippen molar-refractivity contribution >= 4 is 29.1 Å². The van der Waals surface area contributed by atoms with Crippen LogP contribution in [0.4, 0.5) is 30.6 Å². The van der Waals surface area contributed by atoms with Crippen molar-refractivity contribution in [2.75, 3.05) is 16.0 Å². The summed E-state index contributed by atoms with van der Waals surface area (Å²) in [6.45, 7) is 8.31. The predicted molar refractivity (Wildman–Crippen MR) is 135 cm³/mol. The van der Waals surface area contributed by atoms with E-state index in [1.54, 1.807) is 24.3 Å². The minimum Gasteiger partial charge on any atom is -0.478 e. The number of hydrogen-bond acceptors (Lipinski definition) is 3. The molecule has 3 aromatic carbocycles. The van der Waals surface area contributed by atoms with Gasteiger partial charge in [-0.25, -0.2) is 18.4 Å². The Morgan fingerprint density at radius 2 is 1.60 bits per heavy atom. The van der Waals surface area contributed by atoms with Gasteiger partial charge in [-0.2, -0.15) is 0 Å². The van der Waals surface area contributed by atoms with E-state index in [0.717, 1.165) is 18.6 Å². The predicted octanol–water partition coefficient (Wildman–Crippen LogP) is 7.21. The third-order valence-corrected chi connectivity index (χ3v) is 5.70. The molecule has 0 bridgehead atoms. The number of nitrogens with one attached hydrogen (secondary N) is 3. The van der Waals surface area contributed by atoms with Crippen molar-refractivity contribution in [2.24, 2.45) is 5.41 Å². The summed E-state index contributed by atoms with van der Waals surface area (Å²) in [4.78, 5) is 24.5. The number of amides is 2. The largest absolute Gasteiger partial charge is 0.478 e. The van der Waals surface area contributed by atoms with Gasteiger partial charge in [0.05, 0.1) is 22.6 Å². The molecule has 3 aromatic rings. The summed E-state index contributed by atoms with van der Waals surface area (Å²) in [6, 6.07) is 13.5. The highest BCUT2D eigenvalue weighted by atomic mass is 19.1. The highest BCUT2D eigenvalue weighted by Gasteiger charge is 2.24. The van der Waals surface area contributed by atoms with Crippen molar-refractivity contribution in [3.63, 3.8) is 0 Å². The van der Waals surface area contributed by atoms with Gasteiger partial charge in [0.2, 0.25) is 0 Å². The minimum atomic E-state index is -1.20. The Hall–Kier alpha value is -3.94. The van der Waals surface area contributed by atoms with E-state index in [-0.39, 0.29) is 28.3 Å². The lowest BCUT2D eigenvalue weighted by Gasteiger charge is -2.32. The Bertz CT molecular complexity index is 1240. The summed E-state index contributed by atoms with van der Waals surface area (Å²) in [5.41, 5.74) is 1.33. The summed E-state index contributed by atoms with van der Waals surface area (Å²) in [5, 5.41) is 18.2. The summed E-state index contributed by atoms with van der Waals surface area (Å²) in [7, 11) is 0. The molecule has 0 heterocycles. The quantitative estimate of drug-likeness (QED) is 0.287. The lowest BCUT2D eigenvalue weighted by Crippen LogP contribution is -2.33. The number of halogens is 2. The van der Waals surface area contributed by atoms with Crippen molar-refractivity contribution in [3.8, 4) is 11.1 Å². The minimum absolute atomic E-state index is 0.00934. The molecule has 0 fully saturated rings. The van der Waals surface area contributed by atoms with Gasteiger partial charge in [0, 0.05) is 6.04 Å². The van der Waals surface area contributed by atoms with Crippen LogP contribution in [0.15, 0.2) is 60.7 Å². The molecule has 8 heteroatoms. The highest BCUT2D eigenvalue weighted by Crippen LogP contribution is 2.34. The average molecular weight is 482 g/mol. The van der Waals surface area contributed by atoms with E-state index < -0.39 is 23.6 Å². The number of aromatic carboxylic acids is 1. The molecule has 0 aliphatic heterocycles. The third-order valence-electron chi connectivity index (χ3n) is 5.70. The Kier molecular flexibility index (Phi) is 7.74. The number of urea groups is 1. The first-order valence-electron chi connectivity index (χ1n) is 11.3. The van der Waals surface area contributed by atoms with Crippen LogP contribution in [-0.4, -0.2) is 23.1 Å². The fourth-order valence-corrected chi connectivity index (χ4v) is 3.84. The van der Waals surface area contributed by atoms with Crippen LogP contribution >= 0.6 is 0 Å². The maximum absolute atomic E-state index is 14.0. The molecule has 4 N–H and O–H groups in total. The number of para-hydroxylation sites is 1. The number of carbonyl (C=O) groups excluding carboxylic acids is 1. The molecular weight excluding hydrogens is 452 g/mol.